The number of amides is 2. The van der Waals surface area contributed by atoms with Gasteiger partial charge in [-0.05, 0) is 42.6 Å². The quantitative estimate of drug-likeness (QED) is 0.727. The zero-order valence-electron chi connectivity index (χ0n) is 12.8. The number of aliphatic hydroxyl groups is 1. The molecule has 1 atom stereocenters. The maximum Gasteiger partial charge on any atom is 0.313 e. The maximum absolute atomic E-state index is 11.8. The van der Waals surface area contributed by atoms with Crippen molar-refractivity contribution in [2.75, 3.05) is 19.0 Å². The monoisotopic (exact) mass is 334 g/mol. The van der Waals surface area contributed by atoms with Crippen molar-refractivity contribution in [3.05, 3.63) is 46.7 Å². The zero-order chi connectivity index (χ0) is 16.9. The molecule has 0 aliphatic rings. The van der Waals surface area contributed by atoms with E-state index in [0.717, 1.165) is 0 Å². The number of ether oxygens (including phenoxy) is 1. The second kappa shape index (κ2) is 7.26. The molecule has 122 valence electrons. The fraction of sp³-hybridized carbons (Fsp3) is 0.250. The lowest BCUT2D eigenvalue weighted by atomic mass is 10.1. The highest BCUT2D eigenvalue weighted by molar-refractivity contribution is 7.10. The van der Waals surface area contributed by atoms with E-state index >= 15 is 0 Å². The SMILES string of the molecule is COc1ccc(NC(=O)C(=O)NCC(C)(O)c2cccs2)cc1. The molecule has 1 aromatic carbocycles. The van der Waals surface area contributed by atoms with Crippen molar-refractivity contribution in [2.45, 2.75) is 12.5 Å². The molecule has 1 aromatic heterocycles. The minimum Gasteiger partial charge on any atom is -0.497 e. The van der Waals surface area contributed by atoms with Gasteiger partial charge in [-0.1, -0.05) is 6.07 Å². The van der Waals surface area contributed by atoms with Crippen LogP contribution in [-0.4, -0.2) is 30.6 Å². The van der Waals surface area contributed by atoms with E-state index in [9.17, 15) is 14.7 Å². The number of methoxy groups -OCH3 is 1. The van der Waals surface area contributed by atoms with Crippen LogP contribution in [0.5, 0.6) is 5.75 Å². The van der Waals surface area contributed by atoms with E-state index in [2.05, 4.69) is 10.6 Å². The molecular formula is C16H18N2O4S. The molecular weight excluding hydrogens is 316 g/mol. The Morgan fingerprint density at radius 3 is 2.48 bits per heavy atom. The number of anilines is 1. The third-order valence-corrected chi connectivity index (χ3v) is 4.32. The molecule has 0 bridgehead atoms. The molecule has 3 N–H and O–H groups in total. The van der Waals surface area contributed by atoms with Crippen LogP contribution < -0.4 is 15.4 Å². The lowest BCUT2D eigenvalue weighted by Crippen LogP contribution is -2.42. The van der Waals surface area contributed by atoms with Crippen molar-refractivity contribution in [3.8, 4) is 5.75 Å². The fourth-order valence-electron chi connectivity index (χ4n) is 1.87. The first-order valence-electron chi connectivity index (χ1n) is 6.92. The normalized spacial score (nSPS) is 13.0. The van der Waals surface area contributed by atoms with E-state index in [1.165, 1.54) is 11.3 Å². The minimum atomic E-state index is -1.22. The minimum absolute atomic E-state index is 0.0532. The van der Waals surface area contributed by atoms with Gasteiger partial charge in [0.15, 0.2) is 0 Å². The number of carbonyl (C=O) groups is 2. The van der Waals surface area contributed by atoms with Gasteiger partial charge in [-0.25, -0.2) is 0 Å². The Morgan fingerprint density at radius 2 is 1.91 bits per heavy atom. The summed E-state index contributed by atoms with van der Waals surface area (Å²) in [4.78, 5) is 24.4. The number of rotatable bonds is 5. The first-order valence-corrected chi connectivity index (χ1v) is 7.80. The van der Waals surface area contributed by atoms with Gasteiger partial charge in [-0.2, -0.15) is 0 Å². The molecule has 0 saturated heterocycles. The predicted molar refractivity (Wildman–Crippen MR) is 88.5 cm³/mol. The average Bonchev–Trinajstić information content (AvgIpc) is 3.08. The van der Waals surface area contributed by atoms with E-state index in [-0.39, 0.29) is 6.54 Å². The summed E-state index contributed by atoms with van der Waals surface area (Å²) in [7, 11) is 1.54. The Labute approximate surface area is 138 Å². The van der Waals surface area contributed by atoms with Gasteiger partial charge in [0.25, 0.3) is 0 Å². The number of hydrogen-bond donors (Lipinski definition) is 3. The topological polar surface area (TPSA) is 87.7 Å². The van der Waals surface area contributed by atoms with Crippen LogP contribution in [0.3, 0.4) is 0 Å². The molecule has 0 fully saturated rings. The van der Waals surface area contributed by atoms with Crippen LogP contribution in [0.25, 0.3) is 0 Å². The van der Waals surface area contributed by atoms with Gasteiger partial charge in [0.1, 0.15) is 11.4 Å². The van der Waals surface area contributed by atoms with Crippen LogP contribution >= 0.6 is 11.3 Å². The molecule has 7 heteroatoms. The maximum atomic E-state index is 11.8. The molecule has 0 saturated carbocycles. The van der Waals surface area contributed by atoms with Crippen LogP contribution in [0.4, 0.5) is 5.69 Å². The third-order valence-electron chi connectivity index (χ3n) is 3.20. The van der Waals surface area contributed by atoms with Gasteiger partial charge in [0, 0.05) is 10.6 Å². The van der Waals surface area contributed by atoms with E-state index in [0.29, 0.717) is 16.3 Å². The van der Waals surface area contributed by atoms with E-state index in [1.54, 1.807) is 44.4 Å². The number of benzene rings is 1. The summed E-state index contributed by atoms with van der Waals surface area (Å²) >= 11 is 1.38. The molecule has 0 spiro atoms. The first kappa shape index (κ1) is 17.0. The Kier molecular flexibility index (Phi) is 5.36. The molecule has 0 radical (unpaired) electrons. The van der Waals surface area contributed by atoms with Crippen molar-refractivity contribution in [1.82, 2.24) is 5.32 Å². The molecule has 1 unspecified atom stereocenters. The van der Waals surface area contributed by atoms with Crippen molar-refractivity contribution in [3.63, 3.8) is 0 Å². The largest absolute Gasteiger partial charge is 0.497 e. The fourth-order valence-corrected chi connectivity index (χ4v) is 2.65. The Balaban J connectivity index is 1.88. The Bertz CT molecular complexity index is 666. The standard InChI is InChI=1S/C16H18N2O4S/c1-16(21,13-4-3-9-23-13)10-17-14(19)15(20)18-11-5-7-12(22-2)8-6-11/h3-9,21H,10H2,1-2H3,(H,17,19)(H,18,20). The molecule has 2 aromatic rings. The van der Waals surface area contributed by atoms with Gasteiger partial charge >= 0.3 is 11.8 Å². The predicted octanol–water partition coefficient (Wildman–Crippen LogP) is 1.72. The highest BCUT2D eigenvalue weighted by atomic mass is 32.1. The lowest BCUT2D eigenvalue weighted by molar-refractivity contribution is -0.136. The number of nitrogens with one attached hydrogen (secondary N) is 2. The Hall–Kier alpha value is -2.38. The summed E-state index contributed by atoms with van der Waals surface area (Å²) in [5.74, 6) is -0.950. The summed E-state index contributed by atoms with van der Waals surface area (Å²) in [6.07, 6.45) is 0. The number of hydrogen-bond acceptors (Lipinski definition) is 5. The van der Waals surface area contributed by atoms with Crippen LogP contribution in [0.1, 0.15) is 11.8 Å². The molecule has 0 aliphatic heterocycles. The average molecular weight is 334 g/mol. The second-order valence-corrected chi connectivity index (χ2v) is 6.06. The molecule has 2 amide bonds. The number of carbonyl (C=O) groups excluding carboxylic acids is 2. The van der Waals surface area contributed by atoms with E-state index in [4.69, 9.17) is 4.74 Å². The van der Waals surface area contributed by atoms with Crippen molar-refractivity contribution in [1.29, 1.82) is 0 Å². The third kappa shape index (κ3) is 4.54. The van der Waals surface area contributed by atoms with Gasteiger partial charge in [0.2, 0.25) is 0 Å². The smallest absolute Gasteiger partial charge is 0.313 e. The van der Waals surface area contributed by atoms with Gasteiger partial charge in [-0.15, -0.1) is 11.3 Å². The molecule has 6 nitrogen and oxygen atoms in total. The Morgan fingerprint density at radius 1 is 1.22 bits per heavy atom. The van der Waals surface area contributed by atoms with Crippen molar-refractivity contribution < 1.29 is 19.4 Å². The second-order valence-electron chi connectivity index (χ2n) is 5.12. The highest BCUT2D eigenvalue weighted by Gasteiger charge is 2.26. The molecule has 23 heavy (non-hydrogen) atoms. The summed E-state index contributed by atoms with van der Waals surface area (Å²) < 4.78 is 5.01. The molecule has 1 heterocycles. The zero-order valence-corrected chi connectivity index (χ0v) is 13.6. The summed E-state index contributed by atoms with van der Waals surface area (Å²) in [5, 5.41) is 17.1. The molecule has 2 rings (SSSR count). The van der Waals surface area contributed by atoms with Crippen LogP contribution in [0.15, 0.2) is 41.8 Å². The highest BCUT2D eigenvalue weighted by Crippen LogP contribution is 2.24. The van der Waals surface area contributed by atoms with Crippen molar-refractivity contribution >= 4 is 28.8 Å². The van der Waals surface area contributed by atoms with E-state index < -0.39 is 17.4 Å². The van der Waals surface area contributed by atoms with E-state index in [1.807, 2.05) is 11.4 Å². The van der Waals surface area contributed by atoms with Gasteiger partial charge in [0.05, 0.1) is 13.7 Å². The summed E-state index contributed by atoms with van der Waals surface area (Å²) in [6, 6.07) is 10.2. The lowest BCUT2D eigenvalue weighted by Gasteiger charge is -2.22. The van der Waals surface area contributed by atoms with Crippen molar-refractivity contribution in [2.24, 2.45) is 0 Å². The van der Waals surface area contributed by atoms with Crippen LogP contribution in [0, 0.1) is 0 Å². The van der Waals surface area contributed by atoms with Crippen LogP contribution in [-0.2, 0) is 15.2 Å². The first-order chi connectivity index (χ1) is 10.9. The van der Waals surface area contributed by atoms with Gasteiger partial charge < -0.3 is 20.5 Å². The molecule has 0 aliphatic carbocycles. The summed E-state index contributed by atoms with van der Waals surface area (Å²) in [6.45, 7) is 1.53. The van der Waals surface area contributed by atoms with Gasteiger partial charge in [-0.3, -0.25) is 9.59 Å². The summed E-state index contributed by atoms with van der Waals surface area (Å²) in [5.41, 5.74) is -0.736. The van der Waals surface area contributed by atoms with Crippen LogP contribution in [0.2, 0.25) is 0 Å². The number of thiophene rings is 1.